The van der Waals surface area contributed by atoms with Crippen molar-refractivity contribution >= 4 is 34.7 Å². The fraction of sp³-hybridized carbons (Fsp3) is 0.118. The normalized spacial score (nSPS) is 10.5. The molecule has 1 amide bonds. The minimum atomic E-state index is -0.0528. The Hall–Kier alpha value is -2.18. The third kappa shape index (κ3) is 4.40. The summed E-state index contributed by atoms with van der Waals surface area (Å²) in [4.78, 5) is 13.0. The fourth-order valence-corrected chi connectivity index (χ4v) is 3.23. The van der Waals surface area contributed by atoms with Crippen LogP contribution in [-0.4, -0.2) is 21.9 Å². The lowest BCUT2D eigenvalue weighted by atomic mass is 10.2. The number of rotatable bonds is 5. The lowest BCUT2D eigenvalue weighted by Crippen LogP contribution is -2.14. The van der Waals surface area contributed by atoms with Crippen LogP contribution in [0.2, 0.25) is 0 Å². The van der Waals surface area contributed by atoms with Gasteiger partial charge < -0.3 is 5.32 Å². The first-order valence-corrected chi connectivity index (χ1v) is 8.94. The van der Waals surface area contributed by atoms with Gasteiger partial charge in [-0.25, -0.2) is 0 Å². The third-order valence-electron chi connectivity index (χ3n) is 3.10. The number of carbonyl (C=O) groups excluding carboxylic acids is 1. The minimum Gasteiger partial charge on any atom is -0.325 e. The average Bonchev–Trinajstić information content (AvgIpc) is 3.10. The summed E-state index contributed by atoms with van der Waals surface area (Å²) in [5, 5.41) is 14.0. The molecular formula is C17H15N3OS2. The summed E-state index contributed by atoms with van der Waals surface area (Å²) >= 11 is 3.00. The number of hydrogen-bond acceptors (Lipinski definition) is 5. The Balaban J connectivity index is 1.53. The van der Waals surface area contributed by atoms with E-state index in [0.717, 1.165) is 21.3 Å². The SMILES string of the molecule is Cc1ccc(NC(=O)CSc2ccc(-c3cccs3)nn2)cc1. The molecule has 0 atom stereocenters. The first kappa shape index (κ1) is 15.7. The second kappa shape index (κ2) is 7.39. The quantitative estimate of drug-likeness (QED) is 0.705. The third-order valence-corrected chi connectivity index (χ3v) is 4.91. The molecule has 4 nitrogen and oxygen atoms in total. The van der Waals surface area contributed by atoms with Crippen LogP contribution in [0.25, 0.3) is 10.6 Å². The zero-order valence-corrected chi connectivity index (χ0v) is 14.2. The predicted octanol–water partition coefficient (Wildman–Crippen LogP) is 4.24. The van der Waals surface area contributed by atoms with Gasteiger partial charge in [-0.3, -0.25) is 4.79 Å². The molecular weight excluding hydrogens is 326 g/mol. The molecule has 0 saturated carbocycles. The van der Waals surface area contributed by atoms with Crippen LogP contribution >= 0.6 is 23.1 Å². The highest BCUT2D eigenvalue weighted by Crippen LogP contribution is 2.23. The number of carbonyl (C=O) groups is 1. The molecule has 3 rings (SSSR count). The summed E-state index contributed by atoms with van der Waals surface area (Å²) < 4.78 is 0. The van der Waals surface area contributed by atoms with Crippen molar-refractivity contribution in [3.8, 4) is 10.6 Å². The van der Waals surface area contributed by atoms with Crippen LogP contribution in [0.3, 0.4) is 0 Å². The summed E-state index contributed by atoms with van der Waals surface area (Å²) in [5.74, 6) is 0.254. The maximum absolute atomic E-state index is 11.9. The van der Waals surface area contributed by atoms with Gasteiger partial charge in [0.2, 0.25) is 5.91 Å². The monoisotopic (exact) mass is 341 g/mol. The molecule has 116 valence electrons. The van der Waals surface area contributed by atoms with Crippen LogP contribution in [0, 0.1) is 6.92 Å². The smallest absolute Gasteiger partial charge is 0.234 e. The van der Waals surface area contributed by atoms with E-state index in [4.69, 9.17) is 0 Å². The predicted molar refractivity (Wildman–Crippen MR) is 95.9 cm³/mol. The van der Waals surface area contributed by atoms with E-state index in [-0.39, 0.29) is 5.91 Å². The molecule has 0 aliphatic carbocycles. The maximum Gasteiger partial charge on any atom is 0.234 e. The molecule has 0 spiro atoms. The Morgan fingerprint density at radius 1 is 1.13 bits per heavy atom. The first-order chi connectivity index (χ1) is 11.2. The van der Waals surface area contributed by atoms with Crippen LogP contribution in [0.1, 0.15) is 5.56 Å². The lowest BCUT2D eigenvalue weighted by molar-refractivity contribution is -0.113. The van der Waals surface area contributed by atoms with Crippen molar-refractivity contribution < 1.29 is 4.79 Å². The number of anilines is 1. The van der Waals surface area contributed by atoms with Gasteiger partial charge >= 0.3 is 0 Å². The number of aromatic nitrogens is 2. The van der Waals surface area contributed by atoms with E-state index in [1.54, 1.807) is 11.3 Å². The van der Waals surface area contributed by atoms with Gasteiger partial charge in [-0.05, 0) is 42.6 Å². The summed E-state index contributed by atoms with van der Waals surface area (Å²) in [6.45, 7) is 2.01. The van der Waals surface area contributed by atoms with Gasteiger partial charge in [-0.2, -0.15) is 0 Å². The van der Waals surface area contributed by atoms with Gasteiger partial charge in [-0.1, -0.05) is 35.5 Å². The Morgan fingerprint density at radius 3 is 2.61 bits per heavy atom. The molecule has 1 aromatic carbocycles. The van der Waals surface area contributed by atoms with Gasteiger partial charge in [0, 0.05) is 5.69 Å². The van der Waals surface area contributed by atoms with Crippen molar-refractivity contribution in [2.45, 2.75) is 11.9 Å². The standard InChI is InChI=1S/C17H15N3OS2/c1-12-4-6-13(7-5-12)18-16(21)11-23-17-9-8-14(19-20-17)15-3-2-10-22-15/h2-10H,11H2,1H3,(H,18,21). The van der Waals surface area contributed by atoms with E-state index < -0.39 is 0 Å². The Bertz CT molecular complexity index is 769. The first-order valence-electron chi connectivity index (χ1n) is 7.07. The summed E-state index contributed by atoms with van der Waals surface area (Å²) in [6.07, 6.45) is 0. The van der Waals surface area contributed by atoms with E-state index in [2.05, 4.69) is 15.5 Å². The molecule has 2 heterocycles. The van der Waals surface area contributed by atoms with Crippen molar-refractivity contribution in [2.24, 2.45) is 0 Å². The van der Waals surface area contributed by atoms with Crippen molar-refractivity contribution in [2.75, 3.05) is 11.1 Å². The molecule has 0 aliphatic heterocycles. The molecule has 0 saturated heterocycles. The van der Waals surface area contributed by atoms with Crippen molar-refractivity contribution in [1.82, 2.24) is 10.2 Å². The van der Waals surface area contributed by atoms with E-state index in [9.17, 15) is 4.79 Å². The minimum absolute atomic E-state index is 0.0528. The van der Waals surface area contributed by atoms with Gasteiger partial charge in [0.25, 0.3) is 0 Å². The van der Waals surface area contributed by atoms with E-state index >= 15 is 0 Å². The number of nitrogens with zero attached hydrogens (tertiary/aromatic N) is 2. The molecule has 0 unspecified atom stereocenters. The number of hydrogen-bond donors (Lipinski definition) is 1. The highest BCUT2D eigenvalue weighted by Gasteiger charge is 2.06. The highest BCUT2D eigenvalue weighted by molar-refractivity contribution is 7.99. The number of aryl methyl sites for hydroxylation is 1. The fourth-order valence-electron chi connectivity index (χ4n) is 1.93. The molecule has 6 heteroatoms. The Morgan fingerprint density at radius 2 is 1.96 bits per heavy atom. The molecule has 0 fully saturated rings. The number of nitrogens with one attached hydrogen (secondary N) is 1. The molecule has 1 N–H and O–H groups in total. The molecule has 0 bridgehead atoms. The molecule has 3 aromatic rings. The van der Waals surface area contributed by atoms with Crippen LogP contribution in [0.4, 0.5) is 5.69 Å². The van der Waals surface area contributed by atoms with Crippen LogP contribution in [-0.2, 0) is 4.79 Å². The van der Waals surface area contributed by atoms with Crippen LogP contribution < -0.4 is 5.32 Å². The van der Waals surface area contributed by atoms with Crippen molar-refractivity contribution in [3.63, 3.8) is 0 Å². The van der Waals surface area contributed by atoms with Gasteiger partial charge in [0.15, 0.2) is 0 Å². The Kier molecular flexibility index (Phi) is 5.05. The van der Waals surface area contributed by atoms with Crippen LogP contribution in [0.15, 0.2) is 58.9 Å². The summed E-state index contributed by atoms with van der Waals surface area (Å²) in [5.41, 5.74) is 2.83. The van der Waals surface area contributed by atoms with Gasteiger partial charge in [-0.15, -0.1) is 21.5 Å². The van der Waals surface area contributed by atoms with Crippen molar-refractivity contribution in [3.05, 3.63) is 59.5 Å². The number of thioether (sulfide) groups is 1. The summed E-state index contributed by atoms with van der Waals surface area (Å²) in [6, 6.07) is 15.6. The lowest BCUT2D eigenvalue weighted by Gasteiger charge is -2.05. The maximum atomic E-state index is 11.9. The zero-order valence-electron chi connectivity index (χ0n) is 12.5. The zero-order chi connectivity index (χ0) is 16.1. The molecule has 23 heavy (non-hydrogen) atoms. The number of benzene rings is 1. The molecule has 0 aliphatic rings. The second-order valence-corrected chi connectivity index (χ2v) is 6.88. The van der Waals surface area contributed by atoms with E-state index in [1.165, 1.54) is 17.3 Å². The topological polar surface area (TPSA) is 54.9 Å². The van der Waals surface area contributed by atoms with E-state index in [0.29, 0.717) is 5.75 Å². The van der Waals surface area contributed by atoms with Gasteiger partial charge in [0.05, 0.1) is 10.6 Å². The molecule has 2 aromatic heterocycles. The number of amides is 1. The second-order valence-electron chi connectivity index (χ2n) is 4.94. The highest BCUT2D eigenvalue weighted by atomic mass is 32.2. The molecule has 0 radical (unpaired) electrons. The Labute approximate surface area is 143 Å². The van der Waals surface area contributed by atoms with Gasteiger partial charge in [0.1, 0.15) is 10.7 Å². The summed E-state index contributed by atoms with van der Waals surface area (Å²) in [7, 11) is 0. The largest absolute Gasteiger partial charge is 0.325 e. The number of thiophene rings is 1. The average molecular weight is 341 g/mol. The van der Waals surface area contributed by atoms with Crippen molar-refractivity contribution in [1.29, 1.82) is 0 Å². The van der Waals surface area contributed by atoms with Crippen LogP contribution in [0.5, 0.6) is 0 Å². The van der Waals surface area contributed by atoms with E-state index in [1.807, 2.05) is 60.8 Å².